The number of nitrogens with one attached hydrogen (secondary N) is 2. The average Bonchev–Trinajstić information content (AvgIpc) is 2.81. The third-order valence-electron chi connectivity index (χ3n) is 4.72. The van der Waals surface area contributed by atoms with Gasteiger partial charge in [-0.2, -0.15) is 0 Å². The van der Waals surface area contributed by atoms with Crippen LogP contribution < -0.4 is 20.3 Å². The maximum atomic E-state index is 13.1. The van der Waals surface area contributed by atoms with Gasteiger partial charge in [0.1, 0.15) is 5.75 Å². The van der Waals surface area contributed by atoms with Crippen LogP contribution in [0.25, 0.3) is 0 Å². The molecule has 2 N–H and O–H groups in total. The van der Waals surface area contributed by atoms with Crippen molar-refractivity contribution in [3.8, 4) is 5.75 Å². The second-order valence-electron chi connectivity index (χ2n) is 6.95. The van der Waals surface area contributed by atoms with Gasteiger partial charge in [0.15, 0.2) is 5.11 Å². The van der Waals surface area contributed by atoms with Crippen molar-refractivity contribution in [3.05, 3.63) is 88.4 Å². The van der Waals surface area contributed by atoms with E-state index in [-0.39, 0.29) is 16.9 Å². The lowest BCUT2D eigenvalue weighted by atomic mass is 10.1. The lowest BCUT2D eigenvalue weighted by Crippen LogP contribution is -2.34. The minimum atomic E-state index is -0.357. The summed E-state index contributed by atoms with van der Waals surface area (Å²) in [6.07, 6.45) is 0. The van der Waals surface area contributed by atoms with E-state index in [1.165, 1.54) is 0 Å². The summed E-state index contributed by atoms with van der Waals surface area (Å²) in [7, 11) is 0. The van der Waals surface area contributed by atoms with E-state index in [4.69, 9.17) is 17.0 Å². The van der Waals surface area contributed by atoms with Crippen molar-refractivity contribution in [1.82, 2.24) is 5.32 Å². The van der Waals surface area contributed by atoms with Gasteiger partial charge < -0.3 is 15.0 Å². The van der Waals surface area contributed by atoms with Crippen LogP contribution in [0.2, 0.25) is 0 Å². The average molecular weight is 526 g/mol. The number of benzene rings is 3. The van der Waals surface area contributed by atoms with Crippen LogP contribution in [-0.2, 0) is 0 Å². The number of thiocarbonyl (C=S) groups is 1. The van der Waals surface area contributed by atoms with Gasteiger partial charge in [0.2, 0.25) is 0 Å². The van der Waals surface area contributed by atoms with E-state index in [2.05, 4.69) is 26.6 Å². The van der Waals surface area contributed by atoms with Gasteiger partial charge in [-0.25, -0.2) is 0 Å². The van der Waals surface area contributed by atoms with Crippen molar-refractivity contribution in [2.24, 2.45) is 0 Å². The molecular weight excluding hydrogens is 502 g/mol. The van der Waals surface area contributed by atoms with Gasteiger partial charge in [-0.1, -0.05) is 24.3 Å². The van der Waals surface area contributed by atoms with Crippen LogP contribution >= 0.6 is 28.1 Å². The smallest absolute Gasteiger partial charge is 0.258 e. The molecule has 0 aliphatic carbocycles. The summed E-state index contributed by atoms with van der Waals surface area (Å²) in [6.45, 7) is 4.88. The number of carbonyl (C=O) groups is 2. The number of halogens is 1. The van der Waals surface area contributed by atoms with E-state index in [1.54, 1.807) is 47.4 Å². The quantitative estimate of drug-likeness (QED) is 0.390. The second-order valence-corrected chi connectivity index (χ2v) is 8.21. The first-order valence-electron chi connectivity index (χ1n) is 10.4. The third kappa shape index (κ3) is 6.40. The van der Waals surface area contributed by atoms with E-state index in [9.17, 15) is 9.59 Å². The monoisotopic (exact) mass is 525 g/mol. The molecule has 3 rings (SSSR count). The number of anilines is 2. The number of nitrogens with zero attached hydrogens (tertiary/aromatic N) is 1. The molecule has 0 saturated carbocycles. The molecule has 0 radical (unpaired) electrons. The van der Waals surface area contributed by atoms with Crippen LogP contribution in [-0.4, -0.2) is 30.1 Å². The molecule has 3 aromatic rings. The maximum Gasteiger partial charge on any atom is 0.258 e. The summed E-state index contributed by atoms with van der Waals surface area (Å²) in [6, 6.07) is 21.6. The number of carbonyl (C=O) groups excluding carboxylic acids is 2. The van der Waals surface area contributed by atoms with Crippen molar-refractivity contribution in [2.45, 2.75) is 13.8 Å². The van der Waals surface area contributed by atoms with E-state index in [1.807, 2.05) is 44.2 Å². The highest BCUT2D eigenvalue weighted by Gasteiger charge is 2.17. The number of hydrogen-bond acceptors (Lipinski definition) is 4. The van der Waals surface area contributed by atoms with E-state index < -0.39 is 0 Å². The number of hydrogen-bond donors (Lipinski definition) is 2. The normalized spacial score (nSPS) is 10.3. The first-order valence-corrected chi connectivity index (χ1v) is 11.6. The predicted octanol–water partition coefficient (Wildman–Crippen LogP) is 5.64. The Labute approximate surface area is 207 Å². The number of amides is 2. The summed E-state index contributed by atoms with van der Waals surface area (Å²) in [5.41, 5.74) is 2.37. The Morgan fingerprint density at radius 2 is 1.73 bits per heavy atom. The van der Waals surface area contributed by atoms with Gasteiger partial charge in [-0.3, -0.25) is 14.9 Å². The highest BCUT2D eigenvalue weighted by Crippen LogP contribution is 2.26. The summed E-state index contributed by atoms with van der Waals surface area (Å²) >= 11 is 8.70. The fourth-order valence-electron chi connectivity index (χ4n) is 3.19. The van der Waals surface area contributed by atoms with Gasteiger partial charge in [0.05, 0.1) is 11.1 Å². The Balaban J connectivity index is 1.67. The van der Waals surface area contributed by atoms with Crippen molar-refractivity contribution in [2.75, 3.05) is 23.4 Å². The lowest BCUT2D eigenvalue weighted by molar-refractivity contribution is 0.0973. The fourth-order valence-corrected chi connectivity index (χ4v) is 3.89. The SMILES string of the molecule is CCOc1ccc(C(=O)NC(=S)Nc2cccc(C(=O)N(CC)c3ccccc3)c2)cc1Br. The maximum absolute atomic E-state index is 13.1. The fraction of sp³-hybridized carbons (Fsp3) is 0.160. The van der Waals surface area contributed by atoms with Crippen LogP contribution in [0.15, 0.2) is 77.3 Å². The Kier molecular flexibility index (Phi) is 8.57. The molecule has 0 aliphatic heterocycles. The van der Waals surface area contributed by atoms with Gasteiger partial charge in [-0.05, 0) is 90.5 Å². The summed E-state index contributed by atoms with van der Waals surface area (Å²) < 4.78 is 6.15. The van der Waals surface area contributed by atoms with E-state index >= 15 is 0 Å². The number of para-hydroxylation sites is 1. The standard InChI is InChI=1S/C25H24BrN3O3S/c1-3-29(20-11-6-5-7-12-20)24(31)18-9-8-10-19(15-18)27-25(33)28-23(30)17-13-14-22(32-4-2)21(26)16-17/h5-16H,3-4H2,1-2H3,(H2,27,28,30,33). The molecular formula is C25H24BrN3O3S. The third-order valence-corrected chi connectivity index (χ3v) is 5.54. The van der Waals surface area contributed by atoms with Crippen LogP contribution in [0.5, 0.6) is 5.75 Å². The Morgan fingerprint density at radius 3 is 2.39 bits per heavy atom. The minimum absolute atomic E-state index is 0.124. The second kappa shape index (κ2) is 11.6. The van der Waals surface area contributed by atoms with Gasteiger partial charge >= 0.3 is 0 Å². The number of rotatable bonds is 7. The molecule has 2 amide bonds. The molecule has 0 unspecified atom stereocenters. The molecule has 0 bridgehead atoms. The van der Waals surface area contributed by atoms with Gasteiger partial charge in [-0.15, -0.1) is 0 Å². The van der Waals surface area contributed by atoms with E-state index in [0.29, 0.717) is 40.2 Å². The highest BCUT2D eigenvalue weighted by molar-refractivity contribution is 9.10. The predicted molar refractivity (Wildman–Crippen MR) is 139 cm³/mol. The largest absolute Gasteiger partial charge is 0.493 e. The zero-order valence-electron chi connectivity index (χ0n) is 18.3. The summed E-state index contributed by atoms with van der Waals surface area (Å²) in [5, 5.41) is 5.76. The first kappa shape index (κ1) is 24.4. The van der Waals surface area contributed by atoms with Crippen molar-refractivity contribution in [1.29, 1.82) is 0 Å². The zero-order valence-corrected chi connectivity index (χ0v) is 20.7. The van der Waals surface area contributed by atoms with E-state index in [0.717, 1.165) is 5.69 Å². The van der Waals surface area contributed by atoms with Crippen molar-refractivity contribution in [3.63, 3.8) is 0 Å². The van der Waals surface area contributed by atoms with Crippen molar-refractivity contribution < 1.29 is 14.3 Å². The van der Waals surface area contributed by atoms with Gasteiger partial charge in [0, 0.05) is 29.0 Å². The number of ether oxygens (including phenoxy) is 1. The van der Waals surface area contributed by atoms with Crippen LogP contribution in [0.4, 0.5) is 11.4 Å². The molecule has 33 heavy (non-hydrogen) atoms. The molecule has 0 aliphatic rings. The molecule has 170 valence electrons. The molecule has 6 nitrogen and oxygen atoms in total. The van der Waals surface area contributed by atoms with Crippen LogP contribution in [0, 0.1) is 0 Å². The lowest BCUT2D eigenvalue weighted by Gasteiger charge is -2.21. The molecule has 0 aromatic heterocycles. The molecule has 0 heterocycles. The molecule has 8 heteroatoms. The Hall–Kier alpha value is -3.23. The van der Waals surface area contributed by atoms with Gasteiger partial charge in [0.25, 0.3) is 11.8 Å². The molecule has 0 saturated heterocycles. The Morgan fingerprint density at radius 1 is 0.970 bits per heavy atom. The van der Waals surface area contributed by atoms with Crippen LogP contribution in [0.3, 0.4) is 0 Å². The molecule has 0 atom stereocenters. The molecule has 0 spiro atoms. The minimum Gasteiger partial charge on any atom is -0.493 e. The first-order chi connectivity index (χ1) is 15.9. The topological polar surface area (TPSA) is 70.7 Å². The van der Waals surface area contributed by atoms with Crippen LogP contribution in [0.1, 0.15) is 34.6 Å². The highest BCUT2D eigenvalue weighted by atomic mass is 79.9. The summed E-state index contributed by atoms with van der Waals surface area (Å²) in [4.78, 5) is 27.3. The molecule has 0 fully saturated rings. The summed E-state index contributed by atoms with van der Waals surface area (Å²) in [5.74, 6) is 0.180. The van der Waals surface area contributed by atoms with Crippen molar-refractivity contribution >= 4 is 56.4 Å². The Bertz CT molecular complexity index is 1150. The molecule has 3 aromatic carbocycles. The zero-order chi connectivity index (χ0) is 23.8.